The van der Waals surface area contributed by atoms with Gasteiger partial charge < -0.3 is 9.31 Å². The number of para-hydroxylation sites is 2. The Morgan fingerprint density at radius 1 is 1.06 bits per heavy atom. The third kappa shape index (κ3) is 2.75. The van der Waals surface area contributed by atoms with Crippen LogP contribution in [0.3, 0.4) is 0 Å². The van der Waals surface area contributed by atoms with Crippen LogP contribution in [0.2, 0.25) is 0 Å². The number of allylic oxidation sites excluding steroid dienone is 1. The molecule has 5 aromatic rings. The van der Waals surface area contributed by atoms with Crippen LogP contribution in [0.1, 0.15) is 13.8 Å². The average molecular weight is 418 g/mol. The van der Waals surface area contributed by atoms with Gasteiger partial charge in [0.1, 0.15) is 5.65 Å². The number of imidazole rings is 1. The molecule has 6 rings (SSSR count). The maximum Gasteiger partial charge on any atom is 0.494 e. The Kier molecular flexibility index (Phi) is 4.10. The number of benzene rings is 3. The summed E-state index contributed by atoms with van der Waals surface area (Å²) in [7, 11) is -0.381. The highest BCUT2D eigenvalue weighted by molar-refractivity contribution is 6.62. The summed E-state index contributed by atoms with van der Waals surface area (Å²) in [6.07, 6.45) is 3.85. The quantitative estimate of drug-likeness (QED) is 0.324. The fourth-order valence-electron chi connectivity index (χ4n) is 4.79. The predicted molar refractivity (Wildman–Crippen MR) is 134 cm³/mol. The van der Waals surface area contributed by atoms with E-state index < -0.39 is 0 Å². The van der Waals surface area contributed by atoms with Crippen molar-refractivity contribution in [2.75, 3.05) is 6.61 Å². The number of pyridine rings is 1. The van der Waals surface area contributed by atoms with E-state index in [4.69, 9.17) is 14.3 Å². The molecular formula is C27H23BN2O2. The number of nitrogens with zero attached hydrogens (tertiary/aromatic N) is 2. The lowest BCUT2D eigenvalue weighted by atomic mass is 9.78. The van der Waals surface area contributed by atoms with Gasteiger partial charge in [-0.1, -0.05) is 55.6 Å². The normalized spacial score (nSPS) is 16.7. The van der Waals surface area contributed by atoms with E-state index in [1.54, 1.807) is 0 Å². The number of hydrogen-bond donors (Lipinski definition) is 0. The second kappa shape index (κ2) is 6.79. The molecule has 1 saturated heterocycles. The van der Waals surface area contributed by atoms with E-state index in [0.717, 1.165) is 54.3 Å². The summed E-state index contributed by atoms with van der Waals surface area (Å²) in [6, 6.07) is 18.9. The van der Waals surface area contributed by atoms with E-state index in [1.165, 1.54) is 0 Å². The molecule has 0 radical (unpaired) electrons. The Balaban J connectivity index is 1.82. The highest BCUT2D eigenvalue weighted by atomic mass is 16.7. The zero-order valence-corrected chi connectivity index (χ0v) is 18.3. The zero-order chi connectivity index (χ0) is 22.0. The van der Waals surface area contributed by atoms with Gasteiger partial charge in [0.15, 0.2) is 0 Å². The number of rotatable bonds is 2. The van der Waals surface area contributed by atoms with Crippen molar-refractivity contribution in [3.63, 3.8) is 0 Å². The van der Waals surface area contributed by atoms with Crippen molar-refractivity contribution in [1.29, 1.82) is 0 Å². The Bertz CT molecular complexity index is 1680. The molecule has 3 aromatic carbocycles. The van der Waals surface area contributed by atoms with Gasteiger partial charge in [0.05, 0.1) is 28.8 Å². The maximum absolute atomic E-state index is 6.16. The Hall–Kier alpha value is -3.41. The minimum Gasteiger partial charge on any atom is -0.404 e. The average Bonchev–Trinajstić information content (AvgIpc) is 3.35. The molecule has 4 nitrogen and oxygen atoms in total. The monoisotopic (exact) mass is 418 g/mol. The van der Waals surface area contributed by atoms with Crippen LogP contribution in [0.5, 0.6) is 0 Å². The third-order valence-corrected chi connectivity index (χ3v) is 6.23. The van der Waals surface area contributed by atoms with Gasteiger partial charge in [-0.2, -0.15) is 0 Å². The Morgan fingerprint density at radius 3 is 2.66 bits per heavy atom. The predicted octanol–water partition coefficient (Wildman–Crippen LogP) is 3.69. The molecule has 1 aliphatic rings. The van der Waals surface area contributed by atoms with Gasteiger partial charge in [-0.15, -0.1) is 0 Å². The van der Waals surface area contributed by atoms with Gasteiger partial charge >= 0.3 is 7.12 Å². The van der Waals surface area contributed by atoms with Crippen molar-refractivity contribution in [2.24, 2.45) is 0 Å². The van der Waals surface area contributed by atoms with Crippen LogP contribution in [0, 0.1) is 0 Å². The smallest absolute Gasteiger partial charge is 0.404 e. The summed E-state index contributed by atoms with van der Waals surface area (Å²) in [5.74, 6) is 0. The molecule has 0 N–H and O–H groups in total. The van der Waals surface area contributed by atoms with Gasteiger partial charge in [-0.25, -0.2) is 4.98 Å². The molecule has 1 aliphatic heterocycles. The van der Waals surface area contributed by atoms with Crippen molar-refractivity contribution in [1.82, 2.24) is 9.38 Å². The van der Waals surface area contributed by atoms with Crippen molar-refractivity contribution in [3.8, 4) is 0 Å². The topological polar surface area (TPSA) is 35.8 Å². The van der Waals surface area contributed by atoms with E-state index in [0.29, 0.717) is 6.61 Å². The van der Waals surface area contributed by atoms with E-state index in [-0.39, 0.29) is 12.7 Å². The Labute approximate surface area is 186 Å². The summed E-state index contributed by atoms with van der Waals surface area (Å²) < 4.78 is 14.4. The van der Waals surface area contributed by atoms with Gasteiger partial charge in [-0.05, 0) is 54.0 Å². The largest absolute Gasteiger partial charge is 0.494 e. The first-order valence-electron chi connectivity index (χ1n) is 10.8. The molecule has 32 heavy (non-hydrogen) atoms. The lowest BCUT2D eigenvalue weighted by molar-refractivity contribution is 0.137. The molecule has 3 heterocycles. The van der Waals surface area contributed by atoms with Crippen molar-refractivity contribution >= 4 is 63.6 Å². The van der Waals surface area contributed by atoms with Gasteiger partial charge in [0.25, 0.3) is 0 Å². The van der Waals surface area contributed by atoms with Crippen molar-refractivity contribution < 1.29 is 9.31 Å². The summed E-state index contributed by atoms with van der Waals surface area (Å²) in [5, 5.41) is 5.40. The van der Waals surface area contributed by atoms with E-state index in [2.05, 4.69) is 79.9 Å². The summed E-state index contributed by atoms with van der Waals surface area (Å²) >= 11 is 0. The van der Waals surface area contributed by atoms with E-state index >= 15 is 0 Å². The first-order chi connectivity index (χ1) is 15.5. The minimum atomic E-state index is -0.381. The summed E-state index contributed by atoms with van der Waals surface area (Å²) in [4.78, 5) is 5.01. The number of hydrogen-bond acceptors (Lipinski definition) is 3. The minimum absolute atomic E-state index is 0.297. The molecule has 0 aliphatic carbocycles. The molecule has 0 unspecified atom stereocenters. The number of aromatic nitrogens is 2. The fraction of sp³-hybridized carbons (Fsp3) is 0.148. The molecule has 2 aromatic heterocycles. The summed E-state index contributed by atoms with van der Waals surface area (Å²) in [5.41, 5.74) is 4.75. The molecule has 0 amide bonds. The SMILES string of the molecule is C=C/C=c1\c(=C)ccc2c1c1ccc(B3OCC(C)(C)O3)cc1n1c3ccccc3nc21. The number of fused-ring (bicyclic) bond motifs is 8. The van der Waals surface area contributed by atoms with Crippen LogP contribution in [0.25, 0.3) is 51.0 Å². The first kappa shape index (κ1) is 19.3. The maximum atomic E-state index is 6.16. The van der Waals surface area contributed by atoms with Crippen molar-refractivity contribution in [2.45, 2.75) is 19.4 Å². The molecular weight excluding hydrogens is 395 g/mol. The lowest BCUT2D eigenvalue weighted by Crippen LogP contribution is -2.34. The summed E-state index contributed by atoms with van der Waals surface area (Å²) in [6.45, 7) is 12.9. The highest BCUT2D eigenvalue weighted by Crippen LogP contribution is 2.30. The van der Waals surface area contributed by atoms with Gasteiger partial charge in [-0.3, -0.25) is 4.40 Å². The molecule has 0 bridgehead atoms. The van der Waals surface area contributed by atoms with Crippen LogP contribution in [-0.4, -0.2) is 28.7 Å². The van der Waals surface area contributed by atoms with Gasteiger partial charge in [0, 0.05) is 16.2 Å². The first-order valence-corrected chi connectivity index (χ1v) is 10.8. The van der Waals surface area contributed by atoms with E-state index in [1.807, 2.05) is 18.2 Å². The lowest BCUT2D eigenvalue weighted by Gasteiger charge is -2.16. The second-order valence-corrected chi connectivity index (χ2v) is 9.02. The third-order valence-electron chi connectivity index (χ3n) is 6.23. The molecule has 156 valence electrons. The second-order valence-electron chi connectivity index (χ2n) is 9.02. The van der Waals surface area contributed by atoms with Crippen LogP contribution in [-0.2, 0) is 9.31 Å². The van der Waals surface area contributed by atoms with Crippen LogP contribution in [0.4, 0.5) is 0 Å². The van der Waals surface area contributed by atoms with Gasteiger partial charge in [0.2, 0.25) is 0 Å². The molecule has 5 heteroatoms. The molecule has 0 spiro atoms. The van der Waals surface area contributed by atoms with E-state index in [9.17, 15) is 0 Å². The van der Waals surface area contributed by atoms with Crippen LogP contribution < -0.4 is 15.9 Å². The highest BCUT2D eigenvalue weighted by Gasteiger charge is 2.38. The Morgan fingerprint density at radius 2 is 1.88 bits per heavy atom. The van der Waals surface area contributed by atoms with Crippen molar-refractivity contribution in [3.05, 3.63) is 77.7 Å². The van der Waals surface area contributed by atoms with Crippen LogP contribution >= 0.6 is 0 Å². The fourth-order valence-corrected chi connectivity index (χ4v) is 4.79. The standard InChI is InChI=1S/C27H23BN2O2/c1-5-8-19-17(2)11-13-21-25(19)20-14-12-18(28-31-16-27(3,4)32-28)15-24(20)30-23-10-7-6-9-22(23)29-26(21)30/h5-15H,1-2,16H2,3-4H3/b19-8+. The molecule has 0 saturated carbocycles. The van der Waals surface area contributed by atoms with Crippen LogP contribution in [0.15, 0.2) is 67.3 Å². The molecule has 1 fully saturated rings. The molecule has 0 atom stereocenters. The zero-order valence-electron chi connectivity index (χ0n) is 18.3.